The summed E-state index contributed by atoms with van der Waals surface area (Å²) in [7, 11) is 1.37. The minimum Gasteiger partial charge on any atom is -0.493 e. The van der Waals surface area contributed by atoms with E-state index >= 15 is 0 Å². The summed E-state index contributed by atoms with van der Waals surface area (Å²) in [6.45, 7) is 6.97. The lowest BCUT2D eigenvalue weighted by atomic mass is 10.0. The van der Waals surface area contributed by atoms with Gasteiger partial charge in [-0.25, -0.2) is 0 Å². The van der Waals surface area contributed by atoms with Gasteiger partial charge in [0.1, 0.15) is 11.3 Å². The minimum absolute atomic E-state index is 0.172. The van der Waals surface area contributed by atoms with Gasteiger partial charge in [0.05, 0.1) is 26.9 Å². The Bertz CT molecular complexity index is 1180. The Morgan fingerprint density at radius 3 is 2.47 bits per heavy atom. The molecule has 1 fully saturated rings. The van der Waals surface area contributed by atoms with E-state index in [4.69, 9.17) is 23.6 Å². The predicted molar refractivity (Wildman–Crippen MR) is 142 cm³/mol. The molecule has 1 aliphatic rings. The third kappa shape index (κ3) is 6.86. The van der Waals surface area contributed by atoms with E-state index in [0.717, 1.165) is 31.5 Å². The number of rotatable bonds is 13. The van der Waals surface area contributed by atoms with Crippen molar-refractivity contribution in [2.75, 3.05) is 44.9 Å². The molecule has 9 nitrogen and oxygen atoms in total. The second-order valence-electron chi connectivity index (χ2n) is 9.04. The number of anilines is 1. The van der Waals surface area contributed by atoms with Crippen molar-refractivity contribution in [3.05, 3.63) is 41.7 Å². The molecule has 0 spiro atoms. The molecule has 0 bridgehead atoms. The van der Waals surface area contributed by atoms with Crippen molar-refractivity contribution < 1.29 is 32.5 Å². The van der Waals surface area contributed by atoms with Crippen LogP contribution in [0.4, 0.5) is 10.4 Å². The van der Waals surface area contributed by atoms with Crippen molar-refractivity contribution in [1.82, 2.24) is 10.3 Å². The molecule has 2 heterocycles. The standard InChI is InChI=1S/C28H36FN3O6/c1-4-35-24-15-19(16-25(27(24)29)36-5-2)18-32(20-10-12-30-13-11-20)28-31-22-17-21(8-9-23(22)38-28)37-14-6-7-26(33)34-3/h8-9,15-17,20,30H,4-7,10-14,18H2,1-3H3. The number of hydrogen-bond donors (Lipinski definition) is 1. The van der Waals surface area contributed by atoms with E-state index in [1.54, 1.807) is 12.1 Å². The molecule has 10 heteroatoms. The van der Waals surface area contributed by atoms with Gasteiger partial charge in [0.15, 0.2) is 17.1 Å². The van der Waals surface area contributed by atoms with E-state index in [-0.39, 0.29) is 23.5 Å². The molecular weight excluding hydrogens is 493 g/mol. The third-order valence-electron chi connectivity index (χ3n) is 6.38. The first-order chi connectivity index (χ1) is 18.5. The average molecular weight is 530 g/mol. The molecule has 0 aliphatic carbocycles. The number of carbonyl (C=O) groups excluding carboxylic acids is 1. The maximum atomic E-state index is 14.9. The Kier molecular flexibility index (Phi) is 9.64. The molecule has 0 amide bonds. The molecule has 3 aromatic rings. The van der Waals surface area contributed by atoms with E-state index in [1.807, 2.05) is 32.0 Å². The van der Waals surface area contributed by atoms with E-state index in [9.17, 15) is 9.18 Å². The number of oxazole rings is 1. The summed E-state index contributed by atoms with van der Waals surface area (Å²) in [6, 6.07) is 9.62. The fraction of sp³-hybridized carbons (Fsp3) is 0.500. The zero-order valence-corrected chi connectivity index (χ0v) is 22.3. The van der Waals surface area contributed by atoms with Gasteiger partial charge in [-0.2, -0.15) is 9.37 Å². The highest BCUT2D eigenvalue weighted by molar-refractivity contribution is 5.76. The number of nitrogens with one attached hydrogen (secondary N) is 1. The number of hydrogen-bond acceptors (Lipinski definition) is 9. The zero-order chi connectivity index (χ0) is 26.9. The number of carbonyl (C=O) groups is 1. The van der Waals surface area contributed by atoms with Crippen LogP contribution in [0.5, 0.6) is 17.2 Å². The fourth-order valence-electron chi connectivity index (χ4n) is 4.52. The first-order valence-electron chi connectivity index (χ1n) is 13.2. The normalized spacial score (nSPS) is 13.9. The van der Waals surface area contributed by atoms with Gasteiger partial charge in [0.25, 0.3) is 6.01 Å². The molecule has 206 valence electrons. The topological polar surface area (TPSA) is 95.3 Å². The summed E-state index contributed by atoms with van der Waals surface area (Å²) in [5.41, 5.74) is 2.16. The maximum absolute atomic E-state index is 14.9. The Morgan fingerprint density at radius 2 is 1.82 bits per heavy atom. The number of methoxy groups -OCH3 is 1. The second-order valence-corrected chi connectivity index (χ2v) is 9.04. The first kappa shape index (κ1) is 27.5. The van der Waals surface area contributed by atoms with E-state index in [1.165, 1.54) is 7.11 Å². The lowest BCUT2D eigenvalue weighted by Gasteiger charge is -2.33. The number of halogens is 1. The number of piperidine rings is 1. The molecule has 2 aromatic carbocycles. The van der Waals surface area contributed by atoms with Crippen molar-refractivity contribution >= 4 is 23.1 Å². The van der Waals surface area contributed by atoms with Crippen LogP contribution in [-0.2, 0) is 16.1 Å². The number of fused-ring (bicyclic) bond motifs is 1. The summed E-state index contributed by atoms with van der Waals surface area (Å²) < 4.78 is 42.6. The van der Waals surface area contributed by atoms with Crippen LogP contribution in [0, 0.1) is 5.82 Å². The lowest BCUT2D eigenvalue weighted by Crippen LogP contribution is -2.43. The van der Waals surface area contributed by atoms with Crippen LogP contribution in [0.1, 0.15) is 45.1 Å². The molecule has 0 saturated carbocycles. The number of esters is 1. The first-order valence-corrected chi connectivity index (χ1v) is 13.2. The molecule has 38 heavy (non-hydrogen) atoms. The fourth-order valence-corrected chi connectivity index (χ4v) is 4.52. The smallest absolute Gasteiger partial charge is 0.305 e. The quantitative estimate of drug-likeness (QED) is 0.246. The molecular formula is C28H36FN3O6. The van der Waals surface area contributed by atoms with Crippen molar-refractivity contribution in [2.24, 2.45) is 0 Å². The van der Waals surface area contributed by atoms with Crippen LogP contribution in [-0.4, -0.2) is 57.0 Å². The van der Waals surface area contributed by atoms with Crippen molar-refractivity contribution in [3.63, 3.8) is 0 Å². The van der Waals surface area contributed by atoms with Crippen LogP contribution >= 0.6 is 0 Å². The Balaban J connectivity index is 1.58. The molecule has 1 aromatic heterocycles. The van der Waals surface area contributed by atoms with Gasteiger partial charge in [-0.3, -0.25) is 4.79 Å². The largest absolute Gasteiger partial charge is 0.493 e. The van der Waals surface area contributed by atoms with Gasteiger partial charge in [-0.05, 0) is 76.0 Å². The summed E-state index contributed by atoms with van der Waals surface area (Å²) in [5, 5.41) is 3.40. The van der Waals surface area contributed by atoms with Gasteiger partial charge < -0.3 is 33.6 Å². The lowest BCUT2D eigenvalue weighted by molar-refractivity contribution is -0.140. The number of benzene rings is 2. The van der Waals surface area contributed by atoms with Gasteiger partial charge in [0, 0.05) is 25.1 Å². The van der Waals surface area contributed by atoms with Gasteiger partial charge in [-0.15, -0.1) is 0 Å². The Morgan fingerprint density at radius 1 is 1.11 bits per heavy atom. The molecule has 0 unspecified atom stereocenters. The molecule has 1 aliphatic heterocycles. The predicted octanol–water partition coefficient (Wildman–Crippen LogP) is 4.85. The zero-order valence-electron chi connectivity index (χ0n) is 22.3. The number of nitrogens with zero attached hydrogens (tertiary/aromatic N) is 2. The highest BCUT2D eigenvalue weighted by atomic mass is 19.1. The highest BCUT2D eigenvalue weighted by Crippen LogP contribution is 2.33. The van der Waals surface area contributed by atoms with E-state index in [2.05, 4.69) is 15.0 Å². The molecule has 1 saturated heterocycles. The second kappa shape index (κ2) is 13.3. The Hall–Kier alpha value is -3.53. The number of aromatic nitrogens is 1. The van der Waals surface area contributed by atoms with E-state index < -0.39 is 5.82 Å². The monoisotopic (exact) mass is 529 g/mol. The molecule has 0 radical (unpaired) electrons. The van der Waals surface area contributed by atoms with Gasteiger partial charge in [-0.1, -0.05) is 0 Å². The van der Waals surface area contributed by atoms with Crippen molar-refractivity contribution in [2.45, 2.75) is 52.1 Å². The third-order valence-corrected chi connectivity index (χ3v) is 6.38. The van der Waals surface area contributed by atoms with Crippen LogP contribution in [0.15, 0.2) is 34.7 Å². The van der Waals surface area contributed by atoms with Crippen LogP contribution < -0.4 is 24.4 Å². The van der Waals surface area contributed by atoms with Gasteiger partial charge in [0.2, 0.25) is 5.82 Å². The van der Waals surface area contributed by atoms with Crippen molar-refractivity contribution in [3.8, 4) is 17.2 Å². The van der Waals surface area contributed by atoms with Crippen LogP contribution in [0.2, 0.25) is 0 Å². The van der Waals surface area contributed by atoms with Crippen molar-refractivity contribution in [1.29, 1.82) is 0 Å². The van der Waals surface area contributed by atoms with Gasteiger partial charge >= 0.3 is 5.97 Å². The highest BCUT2D eigenvalue weighted by Gasteiger charge is 2.27. The maximum Gasteiger partial charge on any atom is 0.305 e. The number of ether oxygens (including phenoxy) is 4. The minimum atomic E-state index is -0.494. The summed E-state index contributed by atoms with van der Waals surface area (Å²) in [6.07, 6.45) is 2.71. The SMILES string of the molecule is CCOc1cc(CN(c2nc3cc(OCCCC(=O)OC)ccc3o2)C2CCNCC2)cc(OCC)c1F. The summed E-state index contributed by atoms with van der Waals surface area (Å²) in [5.74, 6) is 0.241. The van der Waals surface area contributed by atoms with E-state index in [0.29, 0.717) is 62.1 Å². The summed E-state index contributed by atoms with van der Waals surface area (Å²) in [4.78, 5) is 18.2. The molecule has 4 rings (SSSR count). The van der Waals surface area contributed by atoms with Crippen LogP contribution in [0.25, 0.3) is 11.1 Å². The van der Waals surface area contributed by atoms with Crippen LogP contribution in [0.3, 0.4) is 0 Å². The average Bonchev–Trinajstić information content (AvgIpc) is 3.36. The Labute approximate surface area is 222 Å². The molecule has 0 atom stereocenters. The molecule has 1 N–H and O–H groups in total. The summed E-state index contributed by atoms with van der Waals surface area (Å²) >= 11 is 0.